The van der Waals surface area contributed by atoms with Crippen molar-refractivity contribution in [2.75, 3.05) is 30.3 Å². The molecule has 0 aliphatic rings. The third-order valence-electron chi connectivity index (χ3n) is 3.08. The van der Waals surface area contributed by atoms with Crippen LogP contribution < -0.4 is 10.6 Å². The van der Waals surface area contributed by atoms with Gasteiger partial charge in [-0.1, -0.05) is 13.3 Å². The molecular formula is C15H22N2O4. The molecule has 6 nitrogen and oxygen atoms in total. The lowest BCUT2D eigenvalue weighted by Crippen LogP contribution is -2.31. The first-order valence-electron chi connectivity index (χ1n) is 7.03. The van der Waals surface area contributed by atoms with E-state index in [2.05, 4.69) is 0 Å². The van der Waals surface area contributed by atoms with Gasteiger partial charge in [0.25, 0.3) is 0 Å². The maximum Gasteiger partial charge on any atom is 0.335 e. The molecule has 0 unspecified atom stereocenters. The smallest absolute Gasteiger partial charge is 0.335 e. The summed E-state index contributed by atoms with van der Waals surface area (Å²) in [5.41, 5.74) is 6.96. The molecule has 6 heteroatoms. The number of nitrogen functional groups attached to an aromatic ring is 1. The summed E-state index contributed by atoms with van der Waals surface area (Å²) in [5.74, 6) is -1.35. The molecule has 0 saturated carbocycles. The Morgan fingerprint density at radius 2 is 2.05 bits per heavy atom. The van der Waals surface area contributed by atoms with E-state index in [9.17, 15) is 9.59 Å². The third kappa shape index (κ3) is 4.98. The molecule has 3 N–H and O–H groups in total. The summed E-state index contributed by atoms with van der Waals surface area (Å²) in [6.07, 6.45) is 1.81. The highest BCUT2D eigenvalue weighted by atomic mass is 16.5. The van der Waals surface area contributed by atoms with Crippen LogP contribution in [0.3, 0.4) is 0 Å². The molecule has 0 amide bonds. The van der Waals surface area contributed by atoms with Crippen LogP contribution in [0, 0.1) is 0 Å². The van der Waals surface area contributed by atoms with Gasteiger partial charge in [-0.05, 0) is 31.5 Å². The zero-order valence-electron chi connectivity index (χ0n) is 12.5. The molecule has 0 heterocycles. The summed E-state index contributed by atoms with van der Waals surface area (Å²) in [5, 5.41) is 8.92. The van der Waals surface area contributed by atoms with Gasteiger partial charge in [0.1, 0.15) is 6.54 Å². The summed E-state index contributed by atoms with van der Waals surface area (Å²) >= 11 is 0. The van der Waals surface area contributed by atoms with Gasteiger partial charge in [0.15, 0.2) is 0 Å². The zero-order chi connectivity index (χ0) is 15.8. The second kappa shape index (κ2) is 8.14. The van der Waals surface area contributed by atoms with E-state index < -0.39 is 5.97 Å². The largest absolute Gasteiger partial charge is 0.478 e. The number of benzene rings is 1. The summed E-state index contributed by atoms with van der Waals surface area (Å²) in [4.78, 5) is 24.4. The number of carboxylic acids is 1. The van der Waals surface area contributed by atoms with Gasteiger partial charge in [-0.3, -0.25) is 4.79 Å². The average molecular weight is 294 g/mol. The first-order chi connectivity index (χ1) is 9.99. The number of hydrogen-bond donors (Lipinski definition) is 2. The van der Waals surface area contributed by atoms with Crippen LogP contribution in [0.2, 0.25) is 0 Å². The number of carbonyl (C=O) groups excluding carboxylic acids is 1. The number of rotatable bonds is 8. The van der Waals surface area contributed by atoms with Crippen molar-refractivity contribution in [1.82, 2.24) is 0 Å². The van der Waals surface area contributed by atoms with Crippen molar-refractivity contribution in [2.45, 2.75) is 26.7 Å². The number of carboxylic acid groups (broad SMARTS) is 1. The molecule has 0 fully saturated rings. The minimum atomic E-state index is -1.03. The first-order valence-corrected chi connectivity index (χ1v) is 7.03. The molecule has 0 bridgehead atoms. The summed E-state index contributed by atoms with van der Waals surface area (Å²) < 4.78 is 5.12. The van der Waals surface area contributed by atoms with Crippen LogP contribution >= 0.6 is 0 Å². The maximum absolute atomic E-state index is 11.7. The number of ether oxygens (including phenoxy) is 1. The van der Waals surface area contributed by atoms with Gasteiger partial charge in [-0.25, -0.2) is 4.79 Å². The number of unbranched alkanes of at least 4 members (excludes halogenated alkanes) is 1. The van der Waals surface area contributed by atoms with Crippen LogP contribution in [0.4, 0.5) is 11.4 Å². The van der Waals surface area contributed by atoms with Gasteiger partial charge in [0.2, 0.25) is 0 Å². The topological polar surface area (TPSA) is 92.9 Å². The van der Waals surface area contributed by atoms with Crippen LogP contribution in [0.5, 0.6) is 0 Å². The van der Waals surface area contributed by atoms with E-state index >= 15 is 0 Å². The molecule has 0 radical (unpaired) electrons. The normalized spacial score (nSPS) is 10.2. The lowest BCUT2D eigenvalue weighted by Gasteiger charge is -2.23. The summed E-state index contributed by atoms with van der Waals surface area (Å²) in [6.45, 7) is 5.00. The summed E-state index contributed by atoms with van der Waals surface area (Å²) in [7, 11) is 0. The van der Waals surface area contributed by atoms with E-state index in [-0.39, 0.29) is 18.1 Å². The van der Waals surface area contributed by atoms with Crippen molar-refractivity contribution >= 4 is 23.3 Å². The standard InChI is InChI=1S/C15H22N2O4/c1-3-5-8-21-14(18)10-17(4-2)13-7-6-11(15(19)20)9-12(13)16/h6-7,9H,3-5,8,10,16H2,1-2H3,(H,19,20). The minimum Gasteiger partial charge on any atom is -0.478 e. The molecule has 0 aromatic heterocycles. The molecule has 0 aliphatic carbocycles. The fourth-order valence-electron chi connectivity index (χ4n) is 1.87. The van der Waals surface area contributed by atoms with Crippen molar-refractivity contribution < 1.29 is 19.4 Å². The molecule has 116 valence electrons. The molecular weight excluding hydrogens is 272 g/mol. The predicted octanol–water partition coefficient (Wildman–Crippen LogP) is 2.14. The van der Waals surface area contributed by atoms with Crippen LogP contribution in [0.25, 0.3) is 0 Å². The molecule has 0 atom stereocenters. The Balaban J connectivity index is 2.76. The molecule has 0 aliphatic heterocycles. The predicted molar refractivity (Wildman–Crippen MR) is 81.6 cm³/mol. The first kappa shape index (κ1) is 16.8. The molecule has 1 rings (SSSR count). The highest BCUT2D eigenvalue weighted by Gasteiger charge is 2.15. The van der Waals surface area contributed by atoms with Gasteiger partial charge in [0, 0.05) is 6.54 Å². The Labute approximate surface area is 124 Å². The van der Waals surface area contributed by atoms with E-state index in [1.165, 1.54) is 12.1 Å². The van der Waals surface area contributed by atoms with Crippen molar-refractivity contribution in [3.05, 3.63) is 23.8 Å². The number of likely N-dealkylation sites (N-methyl/N-ethyl adjacent to an activating group) is 1. The van der Waals surface area contributed by atoms with Crippen LogP contribution in [-0.4, -0.2) is 36.7 Å². The Kier molecular flexibility index (Phi) is 6.52. The van der Waals surface area contributed by atoms with Crippen molar-refractivity contribution in [2.24, 2.45) is 0 Å². The quantitative estimate of drug-likeness (QED) is 0.433. The fraction of sp³-hybridized carbons (Fsp3) is 0.467. The minimum absolute atomic E-state index is 0.0941. The molecule has 1 aromatic rings. The molecule has 0 saturated heterocycles. The van der Waals surface area contributed by atoms with Crippen LogP contribution in [-0.2, 0) is 9.53 Å². The lowest BCUT2D eigenvalue weighted by atomic mass is 10.1. The number of esters is 1. The lowest BCUT2D eigenvalue weighted by molar-refractivity contribution is -0.142. The number of nitrogens with zero attached hydrogens (tertiary/aromatic N) is 1. The highest BCUT2D eigenvalue weighted by Crippen LogP contribution is 2.24. The Hall–Kier alpha value is -2.24. The van der Waals surface area contributed by atoms with E-state index in [4.69, 9.17) is 15.6 Å². The SMILES string of the molecule is CCCCOC(=O)CN(CC)c1ccc(C(=O)O)cc1N. The van der Waals surface area contributed by atoms with E-state index in [1.54, 1.807) is 11.0 Å². The van der Waals surface area contributed by atoms with Crippen molar-refractivity contribution in [3.8, 4) is 0 Å². The molecule has 21 heavy (non-hydrogen) atoms. The second-order valence-corrected chi connectivity index (χ2v) is 4.67. The second-order valence-electron chi connectivity index (χ2n) is 4.67. The van der Waals surface area contributed by atoms with Gasteiger partial charge in [-0.2, -0.15) is 0 Å². The molecule has 0 spiro atoms. The van der Waals surface area contributed by atoms with Gasteiger partial charge in [0.05, 0.1) is 23.5 Å². The summed E-state index contributed by atoms with van der Waals surface area (Å²) in [6, 6.07) is 4.48. The third-order valence-corrected chi connectivity index (χ3v) is 3.08. The van der Waals surface area contributed by atoms with Crippen LogP contribution in [0.15, 0.2) is 18.2 Å². The molecule has 1 aromatic carbocycles. The average Bonchev–Trinajstić information content (AvgIpc) is 2.45. The Morgan fingerprint density at radius 1 is 1.33 bits per heavy atom. The van der Waals surface area contributed by atoms with E-state index in [0.717, 1.165) is 12.8 Å². The van der Waals surface area contributed by atoms with Gasteiger partial charge in [-0.15, -0.1) is 0 Å². The van der Waals surface area contributed by atoms with Gasteiger partial charge < -0.3 is 20.5 Å². The van der Waals surface area contributed by atoms with Gasteiger partial charge >= 0.3 is 11.9 Å². The van der Waals surface area contributed by atoms with E-state index in [1.807, 2.05) is 13.8 Å². The highest BCUT2D eigenvalue weighted by molar-refractivity contribution is 5.91. The monoisotopic (exact) mass is 294 g/mol. The Morgan fingerprint density at radius 3 is 2.57 bits per heavy atom. The zero-order valence-corrected chi connectivity index (χ0v) is 12.5. The maximum atomic E-state index is 11.7. The Bertz CT molecular complexity index is 502. The number of carbonyl (C=O) groups is 2. The number of hydrogen-bond acceptors (Lipinski definition) is 5. The number of nitrogens with two attached hydrogens (primary N) is 1. The fourth-order valence-corrected chi connectivity index (χ4v) is 1.87. The van der Waals surface area contributed by atoms with Crippen molar-refractivity contribution in [1.29, 1.82) is 0 Å². The van der Waals surface area contributed by atoms with E-state index in [0.29, 0.717) is 24.5 Å². The number of aromatic carboxylic acids is 1. The number of anilines is 2. The van der Waals surface area contributed by atoms with Crippen LogP contribution in [0.1, 0.15) is 37.0 Å². The van der Waals surface area contributed by atoms with Crippen molar-refractivity contribution in [3.63, 3.8) is 0 Å².